The smallest absolute Gasteiger partial charge is 0.287 e. The molecule has 7 heteroatoms. The summed E-state index contributed by atoms with van der Waals surface area (Å²) in [6.45, 7) is 1.53. The van der Waals surface area contributed by atoms with Gasteiger partial charge < -0.3 is 20.2 Å². The van der Waals surface area contributed by atoms with Crippen LogP contribution in [0.4, 0.5) is 0 Å². The van der Waals surface area contributed by atoms with E-state index in [4.69, 9.17) is 16.0 Å². The lowest BCUT2D eigenvalue weighted by atomic mass is 10.1. The van der Waals surface area contributed by atoms with Crippen molar-refractivity contribution in [1.29, 1.82) is 0 Å². The van der Waals surface area contributed by atoms with Crippen LogP contribution < -0.4 is 10.6 Å². The minimum atomic E-state index is -0.930. The molecule has 3 N–H and O–H groups in total. The van der Waals surface area contributed by atoms with Gasteiger partial charge in [0.2, 0.25) is 5.91 Å². The third-order valence-electron chi connectivity index (χ3n) is 3.22. The van der Waals surface area contributed by atoms with Crippen molar-refractivity contribution in [3.05, 3.63) is 59.0 Å². The summed E-state index contributed by atoms with van der Waals surface area (Å²) >= 11 is 5.98. The summed E-state index contributed by atoms with van der Waals surface area (Å²) < 4.78 is 4.95. The summed E-state index contributed by atoms with van der Waals surface area (Å²) in [6.07, 6.45) is 0.445. The van der Waals surface area contributed by atoms with Crippen molar-refractivity contribution in [2.75, 3.05) is 6.54 Å². The maximum absolute atomic E-state index is 12.0. The molecular weight excluding hydrogens is 320 g/mol. The average molecular weight is 337 g/mol. The Hall–Kier alpha value is -2.31. The van der Waals surface area contributed by atoms with E-state index in [-0.39, 0.29) is 12.3 Å². The number of hydrogen-bond acceptors (Lipinski definition) is 4. The summed E-state index contributed by atoms with van der Waals surface area (Å²) in [5, 5.41) is 15.6. The van der Waals surface area contributed by atoms with Gasteiger partial charge in [-0.15, -0.1) is 0 Å². The normalized spacial score (nSPS) is 13.2. The van der Waals surface area contributed by atoms with Gasteiger partial charge in [-0.25, -0.2) is 0 Å². The van der Waals surface area contributed by atoms with E-state index in [9.17, 15) is 14.7 Å². The van der Waals surface area contributed by atoms with Gasteiger partial charge in [-0.1, -0.05) is 29.8 Å². The zero-order chi connectivity index (χ0) is 16.8. The van der Waals surface area contributed by atoms with Crippen LogP contribution >= 0.6 is 11.6 Å². The standard InChI is InChI=1S/C16H17ClN2O4/c1-10(19-16(22)14-7-4-8-23-14)15(21)18-9-13(20)11-5-2-3-6-12(11)17/h2-8,10,13,20H,9H2,1H3,(H,18,21)(H,19,22). The second-order valence-electron chi connectivity index (χ2n) is 4.95. The van der Waals surface area contributed by atoms with Crippen LogP contribution in [0, 0.1) is 0 Å². The van der Waals surface area contributed by atoms with Gasteiger partial charge in [-0.3, -0.25) is 9.59 Å². The number of halogens is 1. The van der Waals surface area contributed by atoms with Gasteiger partial charge in [0.05, 0.1) is 12.4 Å². The number of carbonyl (C=O) groups is 2. The van der Waals surface area contributed by atoms with Crippen LogP contribution in [-0.2, 0) is 4.79 Å². The molecule has 2 rings (SSSR count). The van der Waals surface area contributed by atoms with Crippen molar-refractivity contribution in [3.63, 3.8) is 0 Å². The van der Waals surface area contributed by atoms with Crippen molar-refractivity contribution in [3.8, 4) is 0 Å². The first kappa shape index (κ1) is 17.1. The maximum atomic E-state index is 12.0. The molecule has 0 radical (unpaired) electrons. The highest BCUT2D eigenvalue weighted by atomic mass is 35.5. The Bertz CT molecular complexity index is 672. The molecule has 1 heterocycles. The second-order valence-corrected chi connectivity index (χ2v) is 5.36. The molecule has 23 heavy (non-hydrogen) atoms. The fourth-order valence-corrected chi connectivity index (χ4v) is 2.21. The van der Waals surface area contributed by atoms with Crippen molar-refractivity contribution in [2.24, 2.45) is 0 Å². The number of benzene rings is 1. The lowest BCUT2D eigenvalue weighted by molar-refractivity contribution is -0.123. The highest BCUT2D eigenvalue weighted by Gasteiger charge is 2.19. The first-order valence-electron chi connectivity index (χ1n) is 7.03. The first-order chi connectivity index (χ1) is 11.0. The zero-order valence-corrected chi connectivity index (χ0v) is 13.2. The van der Waals surface area contributed by atoms with E-state index in [1.54, 1.807) is 30.3 Å². The highest BCUT2D eigenvalue weighted by Crippen LogP contribution is 2.21. The van der Waals surface area contributed by atoms with Crippen molar-refractivity contribution >= 4 is 23.4 Å². The molecule has 2 unspecified atom stereocenters. The van der Waals surface area contributed by atoms with Gasteiger partial charge in [-0.2, -0.15) is 0 Å². The minimum Gasteiger partial charge on any atom is -0.459 e. The quantitative estimate of drug-likeness (QED) is 0.751. The molecule has 6 nitrogen and oxygen atoms in total. The number of aliphatic hydroxyl groups is 1. The van der Waals surface area contributed by atoms with Crippen LogP contribution in [0.1, 0.15) is 29.1 Å². The van der Waals surface area contributed by atoms with E-state index in [0.29, 0.717) is 10.6 Å². The summed E-state index contributed by atoms with van der Waals surface area (Å²) in [4.78, 5) is 23.7. The molecule has 0 saturated carbocycles. The number of amides is 2. The summed E-state index contributed by atoms with van der Waals surface area (Å²) in [6, 6.07) is 9.16. The van der Waals surface area contributed by atoms with Gasteiger partial charge in [0, 0.05) is 17.1 Å². The number of furan rings is 1. The predicted molar refractivity (Wildman–Crippen MR) is 85.1 cm³/mol. The van der Waals surface area contributed by atoms with Gasteiger partial charge in [0.15, 0.2) is 5.76 Å². The summed E-state index contributed by atoms with van der Waals surface area (Å²) in [7, 11) is 0. The molecule has 0 bridgehead atoms. The number of hydrogen-bond donors (Lipinski definition) is 3. The van der Waals surface area contributed by atoms with Crippen LogP contribution in [0.3, 0.4) is 0 Å². The molecule has 2 aromatic rings. The molecule has 2 atom stereocenters. The van der Waals surface area contributed by atoms with E-state index in [0.717, 1.165) is 0 Å². The van der Waals surface area contributed by atoms with Gasteiger partial charge in [0.25, 0.3) is 5.91 Å². The van der Waals surface area contributed by atoms with E-state index < -0.39 is 24.0 Å². The Morgan fingerprint density at radius 2 is 2.00 bits per heavy atom. The number of nitrogens with one attached hydrogen (secondary N) is 2. The van der Waals surface area contributed by atoms with Crippen LogP contribution in [0.5, 0.6) is 0 Å². The van der Waals surface area contributed by atoms with Crippen molar-refractivity contribution in [2.45, 2.75) is 19.1 Å². The molecule has 1 aromatic carbocycles. The fourth-order valence-electron chi connectivity index (χ4n) is 1.95. The lowest BCUT2D eigenvalue weighted by Crippen LogP contribution is -2.45. The number of carbonyl (C=O) groups excluding carboxylic acids is 2. The van der Waals surface area contributed by atoms with Crippen LogP contribution in [0.2, 0.25) is 5.02 Å². The monoisotopic (exact) mass is 336 g/mol. The molecule has 1 aromatic heterocycles. The molecule has 0 fully saturated rings. The Morgan fingerprint density at radius 3 is 2.65 bits per heavy atom. The molecule has 122 valence electrons. The SMILES string of the molecule is CC(NC(=O)c1ccco1)C(=O)NCC(O)c1ccccc1Cl. The van der Waals surface area contributed by atoms with Gasteiger partial charge in [-0.05, 0) is 25.1 Å². The van der Waals surface area contributed by atoms with E-state index in [1.807, 2.05) is 0 Å². The van der Waals surface area contributed by atoms with Crippen LogP contribution in [0.25, 0.3) is 0 Å². The number of rotatable bonds is 6. The van der Waals surface area contributed by atoms with E-state index >= 15 is 0 Å². The molecule has 0 saturated heterocycles. The summed E-state index contributed by atoms with van der Waals surface area (Å²) in [5.41, 5.74) is 0.529. The molecule has 0 aliphatic carbocycles. The first-order valence-corrected chi connectivity index (χ1v) is 7.41. The van der Waals surface area contributed by atoms with Crippen molar-refractivity contribution in [1.82, 2.24) is 10.6 Å². The third-order valence-corrected chi connectivity index (χ3v) is 3.56. The summed E-state index contributed by atoms with van der Waals surface area (Å²) in [5.74, 6) is -0.777. The predicted octanol–water partition coefficient (Wildman–Crippen LogP) is 1.90. The topological polar surface area (TPSA) is 91.6 Å². The Morgan fingerprint density at radius 1 is 1.26 bits per heavy atom. The highest BCUT2D eigenvalue weighted by molar-refractivity contribution is 6.31. The second kappa shape index (κ2) is 7.80. The van der Waals surface area contributed by atoms with Gasteiger partial charge in [0.1, 0.15) is 6.04 Å². The Kier molecular flexibility index (Phi) is 5.78. The van der Waals surface area contributed by atoms with E-state index in [2.05, 4.69) is 10.6 Å². The lowest BCUT2D eigenvalue weighted by Gasteiger charge is -2.17. The minimum absolute atomic E-state index is 0.0104. The third kappa shape index (κ3) is 4.58. The van der Waals surface area contributed by atoms with Crippen LogP contribution in [0.15, 0.2) is 47.1 Å². The molecular formula is C16H17ClN2O4. The zero-order valence-electron chi connectivity index (χ0n) is 12.5. The number of aliphatic hydroxyl groups excluding tert-OH is 1. The molecule has 0 aliphatic heterocycles. The largest absolute Gasteiger partial charge is 0.459 e. The van der Waals surface area contributed by atoms with E-state index in [1.165, 1.54) is 19.3 Å². The Labute approximate surface area is 138 Å². The molecule has 0 spiro atoms. The average Bonchev–Trinajstić information content (AvgIpc) is 3.07. The Balaban J connectivity index is 1.84. The maximum Gasteiger partial charge on any atom is 0.287 e. The molecule has 2 amide bonds. The van der Waals surface area contributed by atoms with Gasteiger partial charge >= 0.3 is 0 Å². The van der Waals surface area contributed by atoms with Crippen LogP contribution in [-0.4, -0.2) is 29.5 Å². The van der Waals surface area contributed by atoms with Crippen molar-refractivity contribution < 1.29 is 19.1 Å². The fraction of sp³-hybridized carbons (Fsp3) is 0.250. The molecule has 0 aliphatic rings.